The molecule has 0 saturated carbocycles. The minimum Gasteiger partial charge on any atom is -0.493 e. The van der Waals surface area contributed by atoms with Crippen LogP contribution in [0.25, 0.3) is 21.8 Å². The second-order valence-corrected chi connectivity index (χ2v) is 7.77. The maximum atomic E-state index is 13.2. The molecule has 0 atom stereocenters. The van der Waals surface area contributed by atoms with Crippen LogP contribution in [0.3, 0.4) is 0 Å². The molecule has 8 heteroatoms. The van der Waals surface area contributed by atoms with Crippen LogP contribution >= 0.6 is 0 Å². The van der Waals surface area contributed by atoms with Gasteiger partial charge in [-0.2, -0.15) is 0 Å². The van der Waals surface area contributed by atoms with E-state index in [0.717, 1.165) is 12.0 Å². The number of benzene rings is 1. The van der Waals surface area contributed by atoms with E-state index < -0.39 is 0 Å². The van der Waals surface area contributed by atoms with Crippen molar-refractivity contribution in [2.75, 3.05) is 27.9 Å². The molecule has 0 aliphatic heterocycles. The molecule has 172 valence electrons. The fourth-order valence-corrected chi connectivity index (χ4v) is 3.92. The van der Waals surface area contributed by atoms with Crippen molar-refractivity contribution < 1.29 is 14.2 Å². The van der Waals surface area contributed by atoms with E-state index in [2.05, 4.69) is 4.98 Å². The highest BCUT2D eigenvalue weighted by molar-refractivity contribution is 5.91. The highest BCUT2D eigenvalue weighted by Crippen LogP contribution is 2.27. The minimum atomic E-state index is -0.170. The summed E-state index contributed by atoms with van der Waals surface area (Å²) < 4.78 is 19.0. The van der Waals surface area contributed by atoms with E-state index in [1.807, 2.05) is 30.3 Å². The fourth-order valence-electron chi connectivity index (χ4n) is 3.92. The third kappa shape index (κ3) is 4.61. The molecule has 1 aromatic carbocycles. The zero-order chi connectivity index (χ0) is 23.4. The van der Waals surface area contributed by atoms with Crippen LogP contribution in [0.15, 0.2) is 58.4 Å². The number of aromatic nitrogens is 3. The predicted octanol–water partition coefficient (Wildman–Crippen LogP) is 3.01. The summed E-state index contributed by atoms with van der Waals surface area (Å²) in [6.45, 7) is 1.61. The molecule has 33 heavy (non-hydrogen) atoms. The smallest absolute Gasteiger partial charge is 0.260 e. The number of methoxy groups -OCH3 is 3. The normalized spacial score (nSPS) is 11.2. The van der Waals surface area contributed by atoms with Crippen molar-refractivity contribution in [3.63, 3.8) is 0 Å². The number of pyridine rings is 3. The third-order valence-corrected chi connectivity index (χ3v) is 5.73. The largest absolute Gasteiger partial charge is 0.493 e. The zero-order valence-electron chi connectivity index (χ0n) is 19.0. The lowest BCUT2D eigenvalue weighted by Gasteiger charge is -2.11. The van der Waals surface area contributed by atoms with Crippen molar-refractivity contribution >= 4 is 21.8 Å². The Labute approximate surface area is 191 Å². The maximum absolute atomic E-state index is 13.2. The fraction of sp³-hybridized carbons (Fsp3) is 0.320. The first-order valence-corrected chi connectivity index (χ1v) is 10.8. The Morgan fingerprint density at radius 3 is 2.03 bits per heavy atom. The SMILES string of the molecule is COCCCn1ccc2nc3ccn(CCc4ccc(OC)c(OC)c4)c(=O)c3cc2c1=O. The molecule has 4 rings (SSSR count). The van der Waals surface area contributed by atoms with Crippen molar-refractivity contribution in [2.24, 2.45) is 0 Å². The molecule has 0 radical (unpaired) electrons. The number of aryl methyl sites for hydroxylation is 3. The van der Waals surface area contributed by atoms with Crippen LogP contribution in [-0.2, 0) is 24.2 Å². The van der Waals surface area contributed by atoms with Crippen molar-refractivity contribution in [2.45, 2.75) is 25.9 Å². The number of hydrogen-bond donors (Lipinski definition) is 0. The lowest BCUT2D eigenvalue weighted by atomic mass is 10.1. The second kappa shape index (κ2) is 9.87. The number of rotatable bonds is 9. The van der Waals surface area contributed by atoms with Gasteiger partial charge >= 0.3 is 0 Å². The van der Waals surface area contributed by atoms with Gasteiger partial charge in [0.25, 0.3) is 11.1 Å². The van der Waals surface area contributed by atoms with Crippen LogP contribution in [-0.4, -0.2) is 42.1 Å². The van der Waals surface area contributed by atoms with Gasteiger partial charge in [0.1, 0.15) is 0 Å². The predicted molar refractivity (Wildman–Crippen MR) is 128 cm³/mol. The minimum absolute atomic E-state index is 0.155. The molecule has 0 spiro atoms. The molecule has 0 amide bonds. The Balaban J connectivity index is 1.65. The molecule has 0 fully saturated rings. The van der Waals surface area contributed by atoms with E-state index in [4.69, 9.17) is 14.2 Å². The number of hydrogen-bond acceptors (Lipinski definition) is 6. The average Bonchev–Trinajstić information content (AvgIpc) is 2.84. The number of nitrogens with zero attached hydrogens (tertiary/aromatic N) is 3. The Hall–Kier alpha value is -3.65. The van der Waals surface area contributed by atoms with Gasteiger partial charge in [-0.05, 0) is 48.7 Å². The summed E-state index contributed by atoms with van der Waals surface area (Å²) in [5, 5.41) is 0.876. The van der Waals surface area contributed by atoms with Gasteiger partial charge in [0.15, 0.2) is 11.5 Å². The van der Waals surface area contributed by atoms with E-state index in [1.54, 1.807) is 48.9 Å². The average molecular weight is 450 g/mol. The van der Waals surface area contributed by atoms with Crippen molar-refractivity contribution in [3.05, 3.63) is 75.1 Å². The first kappa shape index (κ1) is 22.5. The third-order valence-electron chi connectivity index (χ3n) is 5.73. The van der Waals surface area contributed by atoms with Gasteiger partial charge in [-0.3, -0.25) is 9.59 Å². The molecule has 4 aromatic rings. The van der Waals surface area contributed by atoms with Crippen LogP contribution in [0.1, 0.15) is 12.0 Å². The molecule has 0 saturated heterocycles. The van der Waals surface area contributed by atoms with E-state index >= 15 is 0 Å². The second-order valence-electron chi connectivity index (χ2n) is 7.77. The molecule has 3 heterocycles. The molecule has 8 nitrogen and oxygen atoms in total. The van der Waals surface area contributed by atoms with Crippen molar-refractivity contribution in [1.29, 1.82) is 0 Å². The van der Waals surface area contributed by atoms with Crippen LogP contribution in [0.4, 0.5) is 0 Å². The van der Waals surface area contributed by atoms with Crippen LogP contribution < -0.4 is 20.6 Å². The van der Waals surface area contributed by atoms with Gasteiger partial charge in [0.2, 0.25) is 0 Å². The quantitative estimate of drug-likeness (QED) is 0.289. The summed E-state index contributed by atoms with van der Waals surface area (Å²) in [5.74, 6) is 1.31. The van der Waals surface area contributed by atoms with Crippen LogP contribution in [0.2, 0.25) is 0 Å². The van der Waals surface area contributed by atoms with Crippen molar-refractivity contribution in [3.8, 4) is 11.5 Å². The molecular formula is C25H27N3O5. The van der Waals surface area contributed by atoms with E-state index in [-0.39, 0.29) is 11.1 Å². The molecular weight excluding hydrogens is 422 g/mol. The Morgan fingerprint density at radius 1 is 0.788 bits per heavy atom. The molecule has 0 unspecified atom stereocenters. The summed E-state index contributed by atoms with van der Waals surface area (Å²) in [6, 6.07) is 11.0. The highest BCUT2D eigenvalue weighted by atomic mass is 16.5. The summed E-state index contributed by atoms with van der Waals surface area (Å²) in [4.78, 5) is 30.7. The van der Waals surface area contributed by atoms with Gasteiger partial charge in [-0.25, -0.2) is 4.98 Å². The maximum Gasteiger partial charge on any atom is 0.260 e. The van der Waals surface area contributed by atoms with Gasteiger partial charge in [0, 0.05) is 39.2 Å². The monoisotopic (exact) mass is 449 g/mol. The molecule has 0 N–H and O–H groups in total. The Bertz CT molecular complexity index is 1410. The van der Waals surface area contributed by atoms with Gasteiger partial charge < -0.3 is 23.3 Å². The summed E-state index contributed by atoms with van der Waals surface area (Å²) >= 11 is 0. The van der Waals surface area contributed by atoms with E-state index in [9.17, 15) is 9.59 Å². The Morgan fingerprint density at radius 2 is 1.42 bits per heavy atom. The van der Waals surface area contributed by atoms with Crippen LogP contribution in [0, 0.1) is 0 Å². The standard InChI is InChI=1S/C25H27N3O5/c1-31-14-4-10-27-12-8-20-18(24(27)29)16-19-21(26-20)9-13-28(25(19)30)11-7-17-5-6-22(32-2)23(15-17)33-3/h5-6,8-9,12-13,15-16H,4,7,10-11,14H2,1-3H3. The lowest BCUT2D eigenvalue weighted by molar-refractivity contribution is 0.190. The van der Waals surface area contributed by atoms with E-state index in [0.29, 0.717) is 59.4 Å². The first-order valence-electron chi connectivity index (χ1n) is 10.8. The number of ether oxygens (including phenoxy) is 3. The highest BCUT2D eigenvalue weighted by Gasteiger charge is 2.11. The topological polar surface area (TPSA) is 84.6 Å². The van der Waals surface area contributed by atoms with Gasteiger partial charge in [-0.15, -0.1) is 0 Å². The molecule has 0 bridgehead atoms. The lowest BCUT2D eigenvalue weighted by Crippen LogP contribution is -2.23. The van der Waals surface area contributed by atoms with Crippen molar-refractivity contribution in [1.82, 2.24) is 14.1 Å². The molecule has 0 aliphatic rings. The van der Waals surface area contributed by atoms with Gasteiger partial charge in [0.05, 0.1) is 36.0 Å². The molecule has 3 aromatic heterocycles. The van der Waals surface area contributed by atoms with Gasteiger partial charge in [-0.1, -0.05) is 6.07 Å². The first-order chi connectivity index (χ1) is 16.0. The number of fused-ring (bicyclic) bond motifs is 2. The Kier molecular flexibility index (Phi) is 6.74. The summed E-state index contributed by atoms with van der Waals surface area (Å²) in [5.41, 5.74) is 1.86. The van der Waals surface area contributed by atoms with E-state index in [1.165, 1.54) is 0 Å². The zero-order valence-corrected chi connectivity index (χ0v) is 19.0. The van der Waals surface area contributed by atoms with Crippen LogP contribution in [0.5, 0.6) is 11.5 Å². The summed E-state index contributed by atoms with van der Waals surface area (Å²) in [7, 11) is 4.83. The molecule has 0 aliphatic carbocycles. The summed E-state index contributed by atoms with van der Waals surface area (Å²) in [6.07, 6.45) is 4.85.